The molecule has 0 heterocycles. The van der Waals surface area contributed by atoms with E-state index in [1.807, 2.05) is 36.4 Å². The van der Waals surface area contributed by atoms with E-state index >= 15 is 0 Å². The van der Waals surface area contributed by atoms with Crippen molar-refractivity contribution in [3.8, 4) is 0 Å². The van der Waals surface area contributed by atoms with E-state index in [0.29, 0.717) is 0 Å². The van der Waals surface area contributed by atoms with Crippen LogP contribution in [0.2, 0.25) is 0 Å². The molecule has 0 saturated heterocycles. The van der Waals surface area contributed by atoms with E-state index in [0.717, 1.165) is 5.56 Å². The van der Waals surface area contributed by atoms with Crippen molar-refractivity contribution in [1.29, 1.82) is 0 Å². The molecule has 0 N–H and O–H groups in total. The minimum absolute atomic E-state index is 0.0414. The van der Waals surface area contributed by atoms with Crippen molar-refractivity contribution in [3.63, 3.8) is 0 Å². The lowest BCUT2D eigenvalue weighted by molar-refractivity contribution is -0.137. The second-order valence-corrected chi connectivity index (χ2v) is 3.40. The molecule has 0 bridgehead atoms. The molecule has 0 aliphatic heterocycles. The van der Waals surface area contributed by atoms with Crippen molar-refractivity contribution in [3.05, 3.63) is 53.6 Å². The van der Waals surface area contributed by atoms with Gasteiger partial charge in [-0.15, -0.1) is 0 Å². The smallest absolute Gasteiger partial charge is 0.341 e. The summed E-state index contributed by atoms with van der Waals surface area (Å²) in [7, 11) is 1.25. The SMILES string of the molecule is COC(=O)/C(=C/C=C/c1ccccc1)C(C)=O. The molecule has 0 fully saturated rings. The monoisotopic (exact) mass is 230 g/mol. The molecule has 0 aliphatic carbocycles. The van der Waals surface area contributed by atoms with E-state index in [1.165, 1.54) is 20.1 Å². The fourth-order valence-corrected chi connectivity index (χ4v) is 1.26. The summed E-state index contributed by atoms with van der Waals surface area (Å²) in [6, 6.07) is 9.60. The highest BCUT2D eigenvalue weighted by Gasteiger charge is 2.12. The first-order valence-corrected chi connectivity index (χ1v) is 5.18. The van der Waals surface area contributed by atoms with Crippen LogP contribution in [0.1, 0.15) is 12.5 Å². The van der Waals surface area contributed by atoms with Gasteiger partial charge >= 0.3 is 5.97 Å². The molecule has 0 aliphatic rings. The summed E-state index contributed by atoms with van der Waals surface area (Å²) < 4.78 is 4.51. The zero-order valence-corrected chi connectivity index (χ0v) is 9.84. The number of Topliss-reactive ketones (excluding diaryl/α,β-unsaturated/α-hetero) is 1. The van der Waals surface area contributed by atoms with Gasteiger partial charge in [0.2, 0.25) is 0 Å². The Balaban J connectivity index is 2.84. The quantitative estimate of drug-likeness (QED) is 0.262. The van der Waals surface area contributed by atoms with Gasteiger partial charge in [-0.2, -0.15) is 0 Å². The number of hydrogen-bond acceptors (Lipinski definition) is 3. The number of esters is 1. The molecule has 1 aromatic rings. The number of rotatable bonds is 4. The molecule has 0 saturated carbocycles. The second kappa shape index (κ2) is 6.43. The molecule has 17 heavy (non-hydrogen) atoms. The van der Waals surface area contributed by atoms with E-state index in [2.05, 4.69) is 4.74 Å². The molecule has 0 unspecified atom stereocenters. The Morgan fingerprint density at radius 3 is 2.35 bits per heavy atom. The predicted molar refractivity (Wildman–Crippen MR) is 66.3 cm³/mol. The highest BCUT2D eigenvalue weighted by Crippen LogP contribution is 2.04. The van der Waals surface area contributed by atoms with Crippen LogP contribution in [0.3, 0.4) is 0 Å². The van der Waals surface area contributed by atoms with Gasteiger partial charge in [0.25, 0.3) is 0 Å². The molecule has 0 atom stereocenters. The van der Waals surface area contributed by atoms with Gasteiger partial charge in [-0.05, 0) is 18.6 Å². The van der Waals surface area contributed by atoms with Crippen LogP contribution in [-0.4, -0.2) is 18.9 Å². The lowest BCUT2D eigenvalue weighted by Crippen LogP contribution is -2.11. The number of ether oxygens (including phenoxy) is 1. The Kier molecular flexibility index (Phi) is 4.88. The molecular formula is C14H14O3. The topological polar surface area (TPSA) is 43.4 Å². The summed E-state index contributed by atoms with van der Waals surface area (Å²) in [6.07, 6.45) is 4.93. The first kappa shape index (κ1) is 12.9. The first-order chi connectivity index (χ1) is 8.15. The summed E-state index contributed by atoms with van der Waals surface area (Å²) in [4.78, 5) is 22.4. The van der Waals surface area contributed by atoms with Crippen LogP contribution < -0.4 is 0 Å². The summed E-state index contributed by atoms with van der Waals surface area (Å²) in [5.41, 5.74) is 1.04. The standard InChI is InChI=1S/C14H14O3/c1-11(15)13(14(16)17-2)10-6-9-12-7-4-3-5-8-12/h3-10H,1-2H3/b9-6+,13-10+. The molecule has 3 heteroatoms. The Labute approximate surface area is 100 Å². The first-order valence-electron chi connectivity index (χ1n) is 5.18. The van der Waals surface area contributed by atoms with E-state index in [9.17, 15) is 9.59 Å². The van der Waals surface area contributed by atoms with Gasteiger partial charge in [0.1, 0.15) is 5.57 Å². The van der Waals surface area contributed by atoms with Crippen LogP contribution >= 0.6 is 0 Å². The number of carbonyl (C=O) groups is 2. The van der Waals surface area contributed by atoms with Crippen molar-refractivity contribution in [2.75, 3.05) is 7.11 Å². The van der Waals surface area contributed by atoms with Crippen molar-refractivity contribution in [2.45, 2.75) is 6.92 Å². The van der Waals surface area contributed by atoms with E-state index < -0.39 is 5.97 Å². The number of ketones is 1. The van der Waals surface area contributed by atoms with Gasteiger partial charge in [-0.1, -0.05) is 42.5 Å². The molecule has 0 spiro atoms. The Bertz CT molecular complexity index is 456. The molecule has 0 radical (unpaired) electrons. The molecule has 0 aromatic heterocycles. The maximum Gasteiger partial charge on any atom is 0.341 e. The maximum atomic E-state index is 11.3. The Morgan fingerprint density at radius 1 is 1.18 bits per heavy atom. The number of hydrogen-bond donors (Lipinski definition) is 0. The van der Waals surface area contributed by atoms with Gasteiger partial charge in [0.15, 0.2) is 5.78 Å². The third-order valence-corrected chi connectivity index (χ3v) is 2.14. The minimum atomic E-state index is -0.616. The van der Waals surface area contributed by atoms with Crippen molar-refractivity contribution < 1.29 is 14.3 Å². The maximum absolute atomic E-state index is 11.3. The van der Waals surface area contributed by atoms with Crippen LogP contribution in [0.15, 0.2) is 48.1 Å². The fourth-order valence-electron chi connectivity index (χ4n) is 1.26. The number of allylic oxidation sites excluding steroid dienone is 2. The molecule has 0 amide bonds. The number of methoxy groups -OCH3 is 1. The summed E-state index contributed by atoms with van der Waals surface area (Å²) in [5.74, 6) is -0.926. The van der Waals surface area contributed by atoms with Crippen molar-refractivity contribution in [2.24, 2.45) is 0 Å². The summed E-state index contributed by atoms with van der Waals surface area (Å²) in [5, 5.41) is 0. The molecule has 1 rings (SSSR count). The average Bonchev–Trinajstić information content (AvgIpc) is 2.34. The van der Waals surface area contributed by atoms with Gasteiger partial charge < -0.3 is 4.74 Å². The largest absolute Gasteiger partial charge is 0.465 e. The fraction of sp³-hybridized carbons (Fsp3) is 0.143. The second-order valence-electron chi connectivity index (χ2n) is 3.40. The predicted octanol–water partition coefficient (Wildman–Crippen LogP) is 2.39. The molecule has 88 valence electrons. The number of benzene rings is 1. The zero-order valence-electron chi connectivity index (χ0n) is 9.84. The van der Waals surface area contributed by atoms with Crippen LogP contribution in [0, 0.1) is 0 Å². The van der Waals surface area contributed by atoms with Crippen LogP contribution in [-0.2, 0) is 14.3 Å². The summed E-state index contributed by atoms with van der Waals surface area (Å²) >= 11 is 0. The zero-order chi connectivity index (χ0) is 12.7. The normalized spacial score (nSPS) is 11.5. The Hall–Kier alpha value is -2.16. The van der Waals surface area contributed by atoms with Gasteiger partial charge in [0.05, 0.1) is 7.11 Å². The molecular weight excluding hydrogens is 216 g/mol. The van der Waals surface area contributed by atoms with Gasteiger partial charge in [-0.3, -0.25) is 4.79 Å². The van der Waals surface area contributed by atoms with Crippen molar-refractivity contribution in [1.82, 2.24) is 0 Å². The van der Waals surface area contributed by atoms with Crippen LogP contribution in [0.4, 0.5) is 0 Å². The Morgan fingerprint density at radius 2 is 1.82 bits per heavy atom. The third-order valence-electron chi connectivity index (χ3n) is 2.14. The van der Waals surface area contributed by atoms with E-state index in [-0.39, 0.29) is 11.4 Å². The lowest BCUT2D eigenvalue weighted by atomic mass is 10.1. The minimum Gasteiger partial charge on any atom is -0.465 e. The van der Waals surface area contributed by atoms with E-state index in [4.69, 9.17) is 0 Å². The van der Waals surface area contributed by atoms with Gasteiger partial charge in [-0.25, -0.2) is 4.79 Å². The van der Waals surface area contributed by atoms with E-state index in [1.54, 1.807) is 6.08 Å². The van der Waals surface area contributed by atoms with Crippen molar-refractivity contribution >= 4 is 17.8 Å². The third kappa shape index (κ3) is 4.07. The van der Waals surface area contributed by atoms with Crippen LogP contribution in [0.25, 0.3) is 6.08 Å². The molecule has 1 aromatic carbocycles. The molecule has 3 nitrogen and oxygen atoms in total. The summed E-state index contributed by atoms with van der Waals surface area (Å²) in [6.45, 7) is 1.33. The highest BCUT2D eigenvalue weighted by atomic mass is 16.5. The van der Waals surface area contributed by atoms with Gasteiger partial charge in [0, 0.05) is 0 Å². The van der Waals surface area contributed by atoms with Crippen LogP contribution in [0.5, 0.6) is 0 Å². The highest BCUT2D eigenvalue weighted by molar-refractivity contribution is 6.16. The number of carbonyl (C=O) groups excluding carboxylic acids is 2. The lowest BCUT2D eigenvalue weighted by Gasteiger charge is -1.98. The average molecular weight is 230 g/mol.